The highest BCUT2D eigenvalue weighted by Crippen LogP contribution is 2.44. The fourth-order valence-corrected chi connectivity index (χ4v) is 3.70. The monoisotopic (exact) mass is 258 g/mol. The lowest BCUT2D eigenvalue weighted by molar-refractivity contribution is 0.252. The van der Waals surface area contributed by atoms with Crippen molar-refractivity contribution in [3.63, 3.8) is 0 Å². The zero-order valence-electron chi connectivity index (χ0n) is 10.6. The summed E-state index contributed by atoms with van der Waals surface area (Å²) in [6.45, 7) is 2.87. The van der Waals surface area contributed by atoms with Gasteiger partial charge in [0.15, 0.2) is 0 Å². The minimum Gasteiger partial charge on any atom is -0.329 e. The Labute approximate surface area is 112 Å². The summed E-state index contributed by atoms with van der Waals surface area (Å²) in [5.74, 6) is 0. The van der Waals surface area contributed by atoms with Crippen molar-refractivity contribution in [2.75, 3.05) is 6.54 Å². The number of thiazole rings is 1. The molecule has 2 N–H and O–H groups in total. The number of aromatic nitrogens is 1. The third-order valence-electron chi connectivity index (χ3n) is 4.08. The molecule has 0 atom stereocenters. The summed E-state index contributed by atoms with van der Waals surface area (Å²) in [7, 11) is 0. The summed E-state index contributed by atoms with van der Waals surface area (Å²) in [6, 6.07) is 8.42. The smallest absolute Gasteiger partial charge is 0.101 e. The van der Waals surface area contributed by atoms with E-state index >= 15 is 0 Å². The van der Waals surface area contributed by atoms with Gasteiger partial charge in [-0.1, -0.05) is 30.7 Å². The zero-order valence-corrected chi connectivity index (χ0v) is 11.5. The Morgan fingerprint density at radius 2 is 2.11 bits per heavy atom. The van der Waals surface area contributed by atoms with Crippen molar-refractivity contribution < 1.29 is 0 Å². The van der Waals surface area contributed by atoms with Gasteiger partial charge in [0.25, 0.3) is 0 Å². The van der Waals surface area contributed by atoms with E-state index in [4.69, 9.17) is 10.7 Å². The summed E-state index contributed by atoms with van der Waals surface area (Å²) in [5.41, 5.74) is 9.76. The van der Waals surface area contributed by atoms with Crippen molar-refractivity contribution in [2.45, 2.75) is 31.6 Å². The molecular formula is C15H18N2S. The molecule has 1 heterocycles. The average molecular weight is 258 g/mol. The quantitative estimate of drug-likeness (QED) is 0.915. The third kappa shape index (κ3) is 1.78. The van der Waals surface area contributed by atoms with Crippen LogP contribution in [0.4, 0.5) is 0 Å². The SMILES string of the molecule is Cc1ccccc1-c1csc(C2(CN)CCC2)n1. The first-order valence-corrected chi connectivity index (χ1v) is 7.35. The molecule has 1 saturated carbocycles. The van der Waals surface area contributed by atoms with Gasteiger partial charge >= 0.3 is 0 Å². The Kier molecular flexibility index (Phi) is 2.96. The van der Waals surface area contributed by atoms with Gasteiger partial charge in [0.2, 0.25) is 0 Å². The minimum absolute atomic E-state index is 0.186. The number of hydrogen-bond donors (Lipinski definition) is 1. The topological polar surface area (TPSA) is 38.9 Å². The summed E-state index contributed by atoms with van der Waals surface area (Å²) >= 11 is 1.77. The highest BCUT2D eigenvalue weighted by Gasteiger charge is 2.39. The van der Waals surface area contributed by atoms with Crippen LogP contribution in [-0.4, -0.2) is 11.5 Å². The van der Waals surface area contributed by atoms with Crippen LogP contribution in [-0.2, 0) is 5.41 Å². The molecule has 0 radical (unpaired) electrons. The first-order chi connectivity index (χ1) is 8.75. The van der Waals surface area contributed by atoms with Gasteiger partial charge in [-0.05, 0) is 25.3 Å². The maximum Gasteiger partial charge on any atom is 0.101 e. The highest BCUT2D eigenvalue weighted by atomic mass is 32.1. The van der Waals surface area contributed by atoms with Crippen LogP contribution in [0.15, 0.2) is 29.6 Å². The molecule has 2 nitrogen and oxygen atoms in total. The zero-order chi connectivity index (χ0) is 12.6. The second-order valence-corrected chi connectivity index (χ2v) is 6.05. The lowest BCUT2D eigenvalue weighted by Gasteiger charge is -2.38. The fourth-order valence-electron chi connectivity index (χ4n) is 2.61. The molecule has 0 saturated heterocycles. The number of nitrogens with two attached hydrogens (primary N) is 1. The number of benzene rings is 1. The van der Waals surface area contributed by atoms with Gasteiger partial charge in [0.1, 0.15) is 5.01 Å². The van der Waals surface area contributed by atoms with Gasteiger partial charge < -0.3 is 5.73 Å². The molecule has 1 aromatic heterocycles. The maximum atomic E-state index is 5.95. The standard InChI is InChI=1S/C15H18N2S/c1-11-5-2-3-6-12(11)13-9-18-14(17-13)15(10-16)7-4-8-15/h2-3,5-6,9H,4,7-8,10,16H2,1H3. The van der Waals surface area contributed by atoms with E-state index in [1.54, 1.807) is 11.3 Å². The minimum atomic E-state index is 0.186. The normalized spacial score (nSPS) is 17.4. The molecule has 0 unspecified atom stereocenters. The van der Waals surface area contributed by atoms with Crippen molar-refractivity contribution in [1.29, 1.82) is 0 Å². The van der Waals surface area contributed by atoms with Gasteiger partial charge in [-0.25, -0.2) is 4.98 Å². The van der Waals surface area contributed by atoms with Crippen LogP contribution >= 0.6 is 11.3 Å². The molecule has 18 heavy (non-hydrogen) atoms. The summed E-state index contributed by atoms with van der Waals surface area (Å²) in [4.78, 5) is 4.84. The van der Waals surface area contributed by atoms with E-state index in [1.807, 2.05) is 0 Å². The summed E-state index contributed by atoms with van der Waals surface area (Å²) in [5, 5.41) is 3.41. The molecular weight excluding hydrogens is 240 g/mol. The molecule has 2 aromatic rings. The molecule has 1 aliphatic rings. The van der Waals surface area contributed by atoms with Gasteiger partial charge in [0.05, 0.1) is 5.69 Å². The first-order valence-electron chi connectivity index (χ1n) is 6.47. The molecule has 1 aliphatic carbocycles. The Balaban J connectivity index is 1.97. The fraction of sp³-hybridized carbons (Fsp3) is 0.400. The van der Waals surface area contributed by atoms with E-state index in [-0.39, 0.29) is 5.41 Å². The van der Waals surface area contributed by atoms with Crippen molar-refractivity contribution in [1.82, 2.24) is 4.98 Å². The molecule has 1 fully saturated rings. The summed E-state index contributed by atoms with van der Waals surface area (Å²) < 4.78 is 0. The van der Waals surface area contributed by atoms with Crippen molar-refractivity contribution in [3.8, 4) is 11.3 Å². The van der Waals surface area contributed by atoms with Gasteiger partial charge in [-0.3, -0.25) is 0 Å². The number of aryl methyl sites for hydroxylation is 1. The lowest BCUT2D eigenvalue weighted by atomic mass is 9.69. The second kappa shape index (κ2) is 4.48. The van der Waals surface area contributed by atoms with E-state index in [1.165, 1.54) is 35.4 Å². The molecule has 1 aromatic carbocycles. The largest absolute Gasteiger partial charge is 0.329 e. The molecule has 0 spiro atoms. The molecule has 3 heteroatoms. The van der Waals surface area contributed by atoms with E-state index in [0.717, 1.165) is 12.2 Å². The highest BCUT2D eigenvalue weighted by molar-refractivity contribution is 7.10. The van der Waals surface area contributed by atoms with Crippen LogP contribution in [0.2, 0.25) is 0 Å². The van der Waals surface area contributed by atoms with Gasteiger partial charge in [-0.15, -0.1) is 11.3 Å². The second-order valence-electron chi connectivity index (χ2n) is 5.19. The number of nitrogens with zero attached hydrogens (tertiary/aromatic N) is 1. The predicted octanol–water partition coefficient (Wildman–Crippen LogP) is 3.50. The number of rotatable bonds is 3. The summed E-state index contributed by atoms with van der Waals surface area (Å²) in [6.07, 6.45) is 3.69. The Morgan fingerprint density at radius 1 is 1.33 bits per heavy atom. The van der Waals surface area contributed by atoms with Crippen molar-refractivity contribution in [2.24, 2.45) is 5.73 Å². The van der Waals surface area contributed by atoms with Crippen LogP contribution in [0, 0.1) is 6.92 Å². The van der Waals surface area contributed by atoms with E-state index < -0.39 is 0 Å². The Hall–Kier alpha value is -1.19. The lowest BCUT2D eigenvalue weighted by Crippen LogP contribution is -2.41. The van der Waals surface area contributed by atoms with Crippen LogP contribution in [0.25, 0.3) is 11.3 Å². The van der Waals surface area contributed by atoms with Crippen LogP contribution in [0.5, 0.6) is 0 Å². The molecule has 0 bridgehead atoms. The number of hydrogen-bond acceptors (Lipinski definition) is 3. The predicted molar refractivity (Wildman–Crippen MR) is 76.9 cm³/mol. The van der Waals surface area contributed by atoms with Gasteiger partial charge in [-0.2, -0.15) is 0 Å². The maximum absolute atomic E-state index is 5.95. The van der Waals surface area contributed by atoms with Crippen LogP contribution in [0.3, 0.4) is 0 Å². The Morgan fingerprint density at radius 3 is 2.72 bits per heavy atom. The average Bonchev–Trinajstić information content (AvgIpc) is 2.79. The first kappa shape index (κ1) is 11.9. The molecule has 0 aliphatic heterocycles. The van der Waals surface area contributed by atoms with Crippen LogP contribution in [0.1, 0.15) is 29.8 Å². The van der Waals surface area contributed by atoms with E-state index in [9.17, 15) is 0 Å². The van der Waals surface area contributed by atoms with Crippen molar-refractivity contribution in [3.05, 3.63) is 40.2 Å². The molecule has 94 valence electrons. The third-order valence-corrected chi connectivity index (χ3v) is 5.17. The molecule has 3 rings (SSSR count). The van der Waals surface area contributed by atoms with E-state index in [2.05, 4.69) is 36.6 Å². The molecule has 0 amide bonds. The van der Waals surface area contributed by atoms with Gasteiger partial charge in [0, 0.05) is 22.9 Å². The Bertz CT molecular complexity index is 550. The van der Waals surface area contributed by atoms with Crippen molar-refractivity contribution >= 4 is 11.3 Å². The van der Waals surface area contributed by atoms with E-state index in [0.29, 0.717) is 0 Å². The van der Waals surface area contributed by atoms with Crippen LogP contribution < -0.4 is 5.73 Å².